The van der Waals surface area contributed by atoms with Crippen LogP contribution in [-0.2, 0) is 47.5 Å². The molecule has 0 aliphatic heterocycles. The third kappa shape index (κ3) is 13.6. The summed E-state index contributed by atoms with van der Waals surface area (Å²) in [7, 11) is -2.44. The van der Waals surface area contributed by atoms with Crippen LogP contribution in [0.25, 0.3) is 0 Å². The fourth-order valence-electron chi connectivity index (χ4n) is 8.10. The Morgan fingerprint density at radius 1 is 0.453 bits per heavy atom. The van der Waals surface area contributed by atoms with Crippen molar-refractivity contribution in [1.29, 1.82) is 0 Å². The van der Waals surface area contributed by atoms with Crippen molar-refractivity contribution in [3.63, 3.8) is 0 Å². The van der Waals surface area contributed by atoms with Crippen LogP contribution in [0.4, 0.5) is 0 Å². The van der Waals surface area contributed by atoms with Gasteiger partial charge in [0.1, 0.15) is 0 Å². The maximum absolute atomic E-state index is 13.9. The number of benzene rings is 3. The van der Waals surface area contributed by atoms with E-state index in [0.717, 1.165) is 64.2 Å². The van der Waals surface area contributed by atoms with Crippen LogP contribution in [0.15, 0.2) is 69.3 Å². The molecule has 2 nitrogen and oxygen atoms in total. The number of unbranched alkanes of at least 4 members (excludes halogenated alkanes) is 12. The van der Waals surface area contributed by atoms with E-state index in [1.54, 1.807) is 6.92 Å². The van der Waals surface area contributed by atoms with Crippen LogP contribution >= 0.6 is 10.3 Å². The Bertz CT molecular complexity index is 1310. The summed E-state index contributed by atoms with van der Waals surface area (Å²) in [6.45, 7) is 15.5. The number of hydrogen-bond donors (Lipinski definition) is 0. The average molecular weight is 743 g/mol. The zero-order valence-corrected chi connectivity index (χ0v) is 36.2. The van der Waals surface area contributed by atoms with E-state index in [9.17, 15) is 4.79 Å². The second-order valence-electron chi connectivity index (χ2n) is 15.7. The van der Waals surface area contributed by atoms with Crippen molar-refractivity contribution in [1.82, 2.24) is 0 Å². The summed E-state index contributed by atoms with van der Waals surface area (Å²) >= 11 is 0. The van der Waals surface area contributed by atoms with Gasteiger partial charge in [-0.2, -0.15) is 0 Å². The summed E-state index contributed by atoms with van der Waals surface area (Å²) in [6.07, 6.45) is 28.0. The first-order chi connectivity index (χ1) is 25.9. The Morgan fingerprint density at radius 3 is 1.04 bits per heavy atom. The van der Waals surface area contributed by atoms with Gasteiger partial charge in [-0.05, 0) is 133 Å². The zero-order valence-electron chi connectivity index (χ0n) is 35.4. The first-order valence-corrected chi connectivity index (χ1v) is 23.8. The van der Waals surface area contributed by atoms with Crippen LogP contribution < -0.4 is 0 Å². The summed E-state index contributed by atoms with van der Waals surface area (Å²) in [4.78, 5) is 17.8. The van der Waals surface area contributed by atoms with E-state index < -0.39 is 10.3 Å². The van der Waals surface area contributed by atoms with Crippen molar-refractivity contribution in [2.45, 2.75) is 217 Å². The van der Waals surface area contributed by atoms with Crippen LogP contribution in [0.2, 0.25) is 0 Å². The second kappa shape index (κ2) is 25.5. The van der Waals surface area contributed by atoms with Gasteiger partial charge in [0, 0.05) is 21.6 Å². The molecule has 0 aromatic heterocycles. The van der Waals surface area contributed by atoms with Crippen molar-refractivity contribution < 1.29 is 8.98 Å². The SMILES string of the molecule is CCCCCc1cc(CCCCC)c(S(OC(C)=O)(c2ccccc2)c2c(CCCCC)cc(CCCCC)cc2CCCCC)c(CCCCC)c1. The maximum atomic E-state index is 13.9. The van der Waals surface area contributed by atoms with Crippen LogP contribution in [0.3, 0.4) is 0 Å². The highest BCUT2D eigenvalue weighted by Gasteiger charge is 2.41. The summed E-state index contributed by atoms with van der Waals surface area (Å²) in [5, 5.41) is 0. The third-order valence-electron chi connectivity index (χ3n) is 10.8. The highest BCUT2D eigenvalue weighted by Crippen LogP contribution is 2.73. The minimum atomic E-state index is -2.44. The van der Waals surface area contributed by atoms with E-state index in [0.29, 0.717) is 0 Å². The maximum Gasteiger partial charge on any atom is 0.313 e. The largest absolute Gasteiger partial charge is 0.402 e. The standard InChI is InChI=1S/C50H78O2S/c1-8-14-21-29-42-37-44(31-23-16-10-3)49(45(38-42)32-24-17-11-4)53(52-41(7)51,48-35-27-20-28-36-48)50-46(33-25-18-12-5)39-43(30-22-15-9-2)40-47(50)34-26-19-13-6/h20,27-28,35-40H,8-19,21-26,29-34H2,1-7H3. The highest BCUT2D eigenvalue weighted by molar-refractivity contribution is 8.30. The normalized spacial score (nSPS) is 12.0. The number of carbonyl (C=O) groups excluding carboxylic acids is 1. The monoisotopic (exact) mass is 743 g/mol. The number of aryl methyl sites for hydroxylation is 6. The molecule has 3 aromatic rings. The van der Waals surface area contributed by atoms with Crippen molar-refractivity contribution in [3.8, 4) is 0 Å². The van der Waals surface area contributed by atoms with E-state index in [4.69, 9.17) is 4.18 Å². The minimum Gasteiger partial charge on any atom is -0.402 e. The van der Waals surface area contributed by atoms with Crippen LogP contribution in [-0.4, -0.2) is 5.97 Å². The Hall–Kier alpha value is -2.52. The molecule has 0 radical (unpaired) electrons. The molecule has 0 aliphatic carbocycles. The molecule has 3 aromatic carbocycles. The quantitative estimate of drug-likeness (QED) is 0.0693. The average Bonchev–Trinajstić information content (AvgIpc) is 3.15. The molecule has 53 heavy (non-hydrogen) atoms. The van der Waals surface area contributed by atoms with Gasteiger partial charge in [-0.25, -0.2) is 0 Å². The number of rotatable bonds is 28. The summed E-state index contributed by atoms with van der Waals surface area (Å²) in [6, 6.07) is 21.3. The van der Waals surface area contributed by atoms with Gasteiger partial charge in [-0.15, -0.1) is 0 Å². The van der Waals surface area contributed by atoms with Crippen LogP contribution in [0, 0.1) is 0 Å². The molecule has 0 spiro atoms. The van der Waals surface area contributed by atoms with E-state index in [2.05, 4.69) is 96.1 Å². The fraction of sp³-hybridized carbons (Fsp3) is 0.620. The third-order valence-corrected chi connectivity index (χ3v) is 14.5. The molecule has 0 unspecified atom stereocenters. The smallest absolute Gasteiger partial charge is 0.313 e. The van der Waals surface area contributed by atoms with Gasteiger partial charge in [0.2, 0.25) is 0 Å². The van der Waals surface area contributed by atoms with E-state index in [1.807, 2.05) is 0 Å². The lowest BCUT2D eigenvalue weighted by atomic mass is 9.95. The van der Waals surface area contributed by atoms with Gasteiger partial charge >= 0.3 is 5.97 Å². The first-order valence-electron chi connectivity index (χ1n) is 22.3. The summed E-state index contributed by atoms with van der Waals surface area (Å²) in [5.41, 5.74) is 8.69. The zero-order chi connectivity index (χ0) is 38.3. The van der Waals surface area contributed by atoms with E-state index >= 15 is 0 Å². The topological polar surface area (TPSA) is 26.3 Å². The van der Waals surface area contributed by atoms with Gasteiger partial charge in [0.25, 0.3) is 0 Å². The van der Waals surface area contributed by atoms with Gasteiger partial charge in [-0.3, -0.25) is 4.79 Å². The highest BCUT2D eigenvalue weighted by atomic mass is 32.3. The Morgan fingerprint density at radius 2 is 0.755 bits per heavy atom. The van der Waals surface area contributed by atoms with Crippen molar-refractivity contribution >= 4 is 16.3 Å². The Kier molecular flexibility index (Phi) is 21.6. The van der Waals surface area contributed by atoms with Crippen LogP contribution in [0.5, 0.6) is 0 Å². The molecule has 0 bridgehead atoms. The van der Waals surface area contributed by atoms with Crippen molar-refractivity contribution in [2.75, 3.05) is 0 Å². The molecule has 0 saturated heterocycles. The molecule has 3 rings (SSSR count). The van der Waals surface area contributed by atoms with E-state index in [-0.39, 0.29) is 5.97 Å². The second-order valence-corrected chi connectivity index (χ2v) is 18.2. The van der Waals surface area contributed by atoms with Gasteiger partial charge in [0.15, 0.2) is 0 Å². The molecule has 0 heterocycles. The molecule has 0 N–H and O–H groups in total. The molecule has 0 atom stereocenters. The summed E-state index contributed by atoms with van der Waals surface area (Å²) in [5.74, 6) is -0.166. The molecule has 0 amide bonds. The van der Waals surface area contributed by atoms with Gasteiger partial charge in [-0.1, -0.05) is 161 Å². The van der Waals surface area contributed by atoms with Crippen LogP contribution in [0.1, 0.15) is 197 Å². The molecule has 0 fully saturated rings. The first kappa shape index (κ1) is 44.9. The van der Waals surface area contributed by atoms with Crippen molar-refractivity contribution in [2.24, 2.45) is 0 Å². The molecule has 296 valence electrons. The molecule has 3 heteroatoms. The number of hydrogen-bond acceptors (Lipinski definition) is 2. The Labute approximate surface area is 329 Å². The predicted octanol–water partition coefficient (Wildman–Crippen LogP) is 15.8. The van der Waals surface area contributed by atoms with E-state index in [1.165, 1.54) is 138 Å². The summed E-state index contributed by atoms with van der Waals surface area (Å²) < 4.78 is 7.31. The molecule has 0 aliphatic rings. The van der Waals surface area contributed by atoms with Crippen molar-refractivity contribution in [3.05, 3.63) is 88.0 Å². The lowest BCUT2D eigenvalue weighted by molar-refractivity contribution is -0.131. The molecular formula is C50H78O2S. The molecular weight excluding hydrogens is 665 g/mol. The van der Waals surface area contributed by atoms with Gasteiger partial charge < -0.3 is 4.18 Å². The lowest BCUT2D eigenvalue weighted by Gasteiger charge is -2.45. The Balaban J connectivity index is 2.60. The number of carbonyl (C=O) groups is 1. The predicted molar refractivity (Wildman–Crippen MR) is 233 cm³/mol. The fourth-order valence-corrected chi connectivity index (χ4v) is 12.1. The lowest BCUT2D eigenvalue weighted by Crippen LogP contribution is -2.19. The van der Waals surface area contributed by atoms with Gasteiger partial charge in [0.05, 0.1) is 0 Å². The molecule has 0 saturated carbocycles. The minimum absolute atomic E-state index is 0.166.